The second kappa shape index (κ2) is 6.18. The molecule has 1 saturated carbocycles. The van der Waals surface area contributed by atoms with Gasteiger partial charge in [0.2, 0.25) is 0 Å². The molecule has 2 atom stereocenters. The molecule has 2 aliphatic rings. The highest BCUT2D eigenvalue weighted by Crippen LogP contribution is 2.33. The van der Waals surface area contributed by atoms with Gasteiger partial charge in [0.1, 0.15) is 17.5 Å². The van der Waals surface area contributed by atoms with E-state index >= 15 is 0 Å². The van der Waals surface area contributed by atoms with E-state index in [4.69, 9.17) is 9.72 Å². The van der Waals surface area contributed by atoms with Crippen LogP contribution >= 0.6 is 0 Å². The molecule has 3 rings (SSSR count). The van der Waals surface area contributed by atoms with E-state index < -0.39 is 0 Å². The lowest BCUT2D eigenvalue weighted by molar-refractivity contribution is -0.00904. The highest BCUT2D eigenvalue weighted by atomic mass is 16.5. The average Bonchev–Trinajstić information content (AvgIpc) is 2.50. The molecule has 1 N–H and O–H groups in total. The number of fused-ring (bicyclic) bond motifs is 1. The molecule has 0 aromatic carbocycles. The summed E-state index contributed by atoms with van der Waals surface area (Å²) in [5, 5.41) is 3.36. The Morgan fingerprint density at radius 3 is 2.86 bits per heavy atom. The summed E-state index contributed by atoms with van der Waals surface area (Å²) in [4.78, 5) is 11.8. The third-order valence-electron chi connectivity index (χ3n) is 4.58. The number of nitrogens with zero attached hydrogens (tertiary/aromatic N) is 3. The summed E-state index contributed by atoms with van der Waals surface area (Å²) < 4.78 is 5.98. The van der Waals surface area contributed by atoms with Crippen LogP contribution in [0.4, 0.5) is 11.6 Å². The van der Waals surface area contributed by atoms with Crippen LogP contribution in [-0.2, 0) is 4.74 Å². The van der Waals surface area contributed by atoms with Crippen LogP contribution < -0.4 is 10.2 Å². The molecule has 2 heterocycles. The van der Waals surface area contributed by atoms with Crippen LogP contribution in [0.3, 0.4) is 0 Å². The van der Waals surface area contributed by atoms with E-state index in [0.29, 0.717) is 12.1 Å². The zero-order valence-corrected chi connectivity index (χ0v) is 13.4. The van der Waals surface area contributed by atoms with Crippen molar-refractivity contribution in [2.45, 2.75) is 58.6 Å². The summed E-state index contributed by atoms with van der Waals surface area (Å²) in [5.41, 5.74) is 1.16. The minimum atomic E-state index is 0.379. The maximum absolute atomic E-state index is 5.98. The molecule has 1 aromatic rings. The second-order valence-corrected chi connectivity index (χ2v) is 6.05. The predicted molar refractivity (Wildman–Crippen MR) is 85.0 cm³/mol. The zero-order valence-electron chi connectivity index (χ0n) is 13.4. The van der Waals surface area contributed by atoms with E-state index in [0.717, 1.165) is 42.7 Å². The average molecular weight is 290 g/mol. The Bertz CT molecular complexity index is 503. The van der Waals surface area contributed by atoms with Gasteiger partial charge in [0.15, 0.2) is 0 Å². The van der Waals surface area contributed by atoms with Gasteiger partial charge in [-0.15, -0.1) is 0 Å². The van der Waals surface area contributed by atoms with Crippen molar-refractivity contribution in [3.8, 4) is 0 Å². The molecule has 0 radical (unpaired) electrons. The fraction of sp³-hybridized carbons (Fsp3) is 0.750. The van der Waals surface area contributed by atoms with E-state index in [-0.39, 0.29) is 0 Å². The van der Waals surface area contributed by atoms with Crippen molar-refractivity contribution in [2.24, 2.45) is 0 Å². The van der Waals surface area contributed by atoms with E-state index in [2.05, 4.69) is 29.0 Å². The highest BCUT2D eigenvalue weighted by Gasteiger charge is 2.35. The first-order valence-corrected chi connectivity index (χ1v) is 8.18. The fourth-order valence-corrected chi connectivity index (χ4v) is 3.59. The fourth-order valence-electron chi connectivity index (χ4n) is 3.59. The number of aromatic nitrogens is 2. The summed E-state index contributed by atoms with van der Waals surface area (Å²) in [6, 6.07) is 0.481. The van der Waals surface area contributed by atoms with Crippen molar-refractivity contribution in [1.29, 1.82) is 0 Å². The molecule has 0 amide bonds. The number of morpholine rings is 1. The van der Waals surface area contributed by atoms with Crippen molar-refractivity contribution < 1.29 is 4.74 Å². The first kappa shape index (κ1) is 14.6. The Kier molecular flexibility index (Phi) is 4.29. The van der Waals surface area contributed by atoms with Crippen molar-refractivity contribution in [3.05, 3.63) is 11.4 Å². The first-order chi connectivity index (χ1) is 10.2. The summed E-state index contributed by atoms with van der Waals surface area (Å²) in [6.07, 6.45) is 5.36. The standard InChI is InChI=1S/C16H26N4O/c1-4-17-15-11(2)16(19-12(3)18-15)20-9-10-21-14-8-6-5-7-13(14)20/h13-14H,4-10H2,1-3H3,(H,17,18,19). The predicted octanol–water partition coefficient (Wildman–Crippen LogP) is 2.67. The summed E-state index contributed by atoms with van der Waals surface area (Å²) in [5.74, 6) is 2.91. The minimum Gasteiger partial charge on any atom is -0.374 e. The summed E-state index contributed by atoms with van der Waals surface area (Å²) in [7, 11) is 0. The van der Waals surface area contributed by atoms with Gasteiger partial charge >= 0.3 is 0 Å². The quantitative estimate of drug-likeness (QED) is 0.927. The maximum Gasteiger partial charge on any atom is 0.137 e. The third-order valence-corrected chi connectivity index (χ3v) is 4.58. The topological polar surface area (TPSA) is 50.3 Å². The number of hydrogen-bond acceptors (Lipinski definition) is 5. The Hall–Kier alpha value is -1.36. The first-order valence-electron chi connectivity index (χ1n) is 8.18. The molecule has 5 heteroatoms. The molecule has 1 saturated heterocycles. The smallest absolute Gasteiger partial charge is 0.137 e. The molecule has 1 aliphatic carbocycles. The van der Waals surface area contributed by atoms with Crippen LogP contribution in [0.15, 0.2) is 0 Å². The molecule has 5 nitrogen and oxygen atoms in total. The Labute approximate surface area is 127 Å². The van der Waals surface area contributed by atoms with Gasteiger partial charge in [-0.2, -0.15) is 0 Å². The van der Waals surface area contributed by atoms with E-state index in [1.807, 2.05) is 6.92 Å². The van der Waals surface area contributed by atoms with Gasteiger partial charge in [0, 0.05) is 18.7 Å². The van der Waals surface area contributed by atoms with Crippen LogP contribution in [0.5, 0.6) is 0 Å². The van der Waals surface area contributed by atoms with Gasteiger partial charge in [-0.25, -0.2) is 9.97 Å². The number of nitrogens with one attached hydrogen (secondary N) is 1. The van der Waals surface area contributed by atoms with Crippen LogP contribution in [0.25, 0.3) is 0 Å². The van der Waals surface area contributed by atoms with Crippen molar-refractivity contribution >= 4 is 11.6 Å². The normalized spacial score (nSPS) is 25.6. The molecular weight excluding hydrogens is 264 g/mol. The third kappa shape index (κ3) is 2.84. The Morgan fingerprint density at radius 2 is 2.05 bits per heavy atom. The van der Waals surface area contributed by atoms with Gasteiger partial charge in [-0.3, -0.25) is 0 Å². The lowest BCUT2D eigenvalue weighted by atomic mass is 9.90. The monoisotopic (exact) mass is 290 g/mol. The number of ether oxygens (including phenoxy) is 1. The van der Waals surface area contributed by atoms with Gasteiger partial charge in [-0.1, -0.05) is 12.8 Å². The van der Waals surface area contributed by atoms with Crippen molar-refractivity contribution in [1.82, 2.24) is 9.97 Å². The van der Waals surface area contributed by atoms with Gasteiger partial charge in [0.05, 0.1) is 18.8 Å². The lowest BCUT2D eigenvalue weighted by Gasteiger charge is -2.45. The molecule has 2 fully saturated rings. The minimum absolute atomic E-state index is 0.379. The van der Waals surface area contributed by atoms with E-state index in [9.17, 15) is 0 Å². The van der Waals surface area contributed by atoms with Crippen LogP contribution in [0.1, 0.15) is 44.0 Å². The number of anilines is 2. The van der Waals surface area contributed by atoms with Crippen LogP contribution in [-0.4, -0.2) is 41.8 Å². The SMILES string of the molecule is CCNc1nc(C)nc(N2CCOC3CCCCC32)c1C. The maximum atomic E-state index is 5.98. The molecule has 1 aliphatic heterocycles. The van der Waals surface area contributed by atoms with Crippen LogP contribution in [0.2, 0.25) is 0 Å². The van der Waals surface area contributed by atoms with Crippen LogP contribution in [0, 0.1) is 13.8 Å². The van der Waals surface area contributed by atoms with Crippen molar-refractivity contribution in [3.63, 3.8) is 0 Å². The summed E-state index contributed by atoms with van der Waals surface area (Å²) in [6.45, 7) is 8.82. The van der Waals surface area contributed by atoms with Crippen molar-refractivity contribution in [2.75, 3.05) is 29.9 Å². The van der Waals surface area contributed by atoms with E-state index in [1.165, 1.54) is 25.7 Å². The molecule has 2 unspecified atom stereocenters. The number of hydrogen-bond donors (Lipinski definition) is 1. The number of aryl methyl sites for hydroxylation is 1. The largest absolute Gasteiger partial charge is 0.374 e. The van der Waals surface area contributed by atoms with Gasteiger partial charge < -0.3 is 15.0 Å². The molecule has 0 bridgehead atoms. The molecule has 1 aromatic heterocycles. The summed E-state index contributed by atoms with van der Waals surface area (Å²) >= 11 is 0. The number of rotatable bonds is 3. The van der Waals surface area contributed by atoms with Gasteiger partial charge in [-0.05, 0) is 33.6 Å². The van der Waals surface area contributed by atoms with E-state index in [1.54, 1.807) is 0 Å². The zero-order chi connectivity index (χ0) is 14.8. The Balaban J connectivity index is 1.94. The molecular formula is C16H26N4O. The molecule has 21 heavy (non-hydrogen) atoms. The highest BCUT2D eigenvalue weighted by molar-refractivity contribution is 5.59. The molecule has 116 valence electrons. The Morgan fingerprint density at radius 1 is 1.24 bits per heavy atom. The lowest BCUT2D eigenvalue weighted by Crippen LogP contribution is -2.53. The molecule has 0 spiro atoms. The second-order valence-electron chi connectivity index (χ2n) is 6.05. The van der Waals surface area contributed by atoms with Gasteiger partial charge in [0.25, 0.3) is 0 Å².